The van der Waals surface area contributed by atoms with E-state index in [0.29, 0.717) is 55.2 Å². The number of rotatable bonds is 24. The van der Waals surface area contributed by atoms with Crippen LogP contribution in [0.25, 0.3) is 90.7 Å². The van der Waals surface area contributed by atoms with Crippen LogP contribution >= 0.6 is 0 Å². The zero-order chi connectivity index (χ0) is 104. The Morgan fingerprint density at radius 3 is 0.919 bits per heavy atom. The lowest BCUT2D eigenvalue weighted by molar-refractivity contribution is -0.118. The van der Waals surface area contributed by atoms with Gasteiger partial charge in [-0.3, -0.25) is 18.8 Å². The lowest BCUT2D eigenvalue weighted by Crippen LogP contribution is -2.38. The van der Waals surface area contributed by atoms with Crippen LogP contribution in [-0.2, 0) is 52.6 Å². The van der Waals surface area contributed by atoms with Crippen molar-refractivity contribution in [3.63, 3.8) is 0 Å². The lowest BCUT2D eigenvalue weighted by atomic mass is 9.66. The molecule has 30 nitrogen and oxygen atoms in total. The van der Waals surface area contributed by atoms with E-state index >= 15 is 0 Å². The molecule has 0 radical (unpaired) electrons. The summed E-state index contributed by atoms with van der Waals surface area (Å²) in [5, 5.41) is 85.6. The zero-order valence-corrected chi connectivity index (χ0v) is 83.3. The monoisotopic (exact) mass is 2010 g/mol. The molecule has 12 aromatic heterocycles. The van der Waals surface area contributed by atoms with Crippen molar-refractivity contribution in [3.05, 3.63) is 304 Å². The number of aryl methyl sites for hydroxylation is 1. The molecule has 758 valence electrons. The molecule has 8 bridgehead atoms. The number of primary amides is 1. The van der Waals surface area contributed by atoms with Crippen molar-refractivity contribution < 1.29 is 55.2 Å². The molecule has 8 aliphatic carbocycles. The smallest absolute Gasteiger partial charge is 0.219 e. The number of hydrogen-bond donors (Lipinski definition) is 4. The molecular formula is C110H108F8N26O4. The number of nitrogens with zero attached hydrogens (tertiary/aromatic N) is 25. The van der Waals surface area contributed by atoms with Crippen molar-refractivity contribution >= 4 is 5.91 Å². The molecule has 0 spiro atoms. The number of nitrogens with two attached hydrogens (primary N) is 1. The van der Waals surface area contributed by atoms with Gasteiger partial charge >= 0.3 is 0 Å². The van der Waals surface area contributed by atoms with Gasteiger partial charge in [-0.1, -0.05) is 100 Å². The van der Waals surface area contributed by atoms with E-state index in [-0.39, 0.29) is 134 Å². The first kappa shape index (κ1) is 99.1. The van der Waals surface area contributed by atoms with E-state index in [9.17, 15) is 55.2 Å². The highest BCUT2D eigenvalue weighted by Gasteiger charge is 2.69. The molecule has 0 aliphatic heterocycles. The van der Waals surface area contributed by atoms with Crippen molar-refractivity contribution in [2.75, 3.05) is 19.8 Å². The van der Waals surface area contributed by atoms with Gasteiger partial charge < -0.3 is 21.1 Å². The lowest BCUT2D eigenvalue weighted by Gasteiger charge is -2.37. The number of hydrogen-bond acceptors (Lipinski definition) is 25. The Hall–Kier alpha value is -14.9. The Labute approximate surface area is 846 Å². The molecule has 5 N–H and O–H groups in total. The van der Waals surface area contributed by atoms with E-state index in [0.717, 1.165) is 136 Å². The second kappa shape index (κ2) is 37.8. The summed E-state index contributed by atoms with van der Waals surface area (Å²) in [5.41, 5.74) is 15.8. The van der Waals surface area contributed by atoms with E-state index in [1.165, 1.54) is 72.8 Å². The van der Waals surface area contributed by atoms with Gasteiger partial charge in [-0.15, -0.1) is 25.5 Å². The number of aromatic nitrogens is 25. The van der Waals surface area contributed by atoms with Crippen molar-refractivity contribution in [1.29, 1.82) is 0 Å². The van der Waals surface area contributed by atoms with Gasteiger partial charge in [-0.25, -0.2) is 75.0 Å². The molecule has 4 aromatic carbocycles. The van der Waals surface area contributed by atoms with Crippen LogP contribution in [0.3, 0.4) is 0 Å². The fourth-order valence-corrected chi connectivity index (χ4v) is 25.5. The molecule has 38 heteroatoms. The van der Waals surface area contributed by atoms with Gasteiger partial charge in [0.25, 0.3) is 0 Å². The van der Waals surface area contributed by atoms with Crippen LogP contribution in [0.4, 0.5) is 35.1 Å². The maximum Gasteiger partial charge on any atom is 0.219 e. The summed E-state index contributed by atoms with van der Waals surface area (Å²) in [6.45, 7) is 25.8. The van der Waals surface area contributed by atoms with E-state index in [4.69, 9.17) is 25.7 Å². The van der Waals surface area contributed by atoms with Gasteiger partial charge in [0, 0.05) is 95.2 Å². The maximum atomic E-state index is 14.5. The summed E-state index contributed by atoms with van der Waals surface area (Å²) in [5.74, 6) is -2.72. The molecule has 16 aromatic rings. The highest BCUT2D eigenvalue weighted by molar-refractivity contribution is 5.74. The maximum absolute atomic E-state index is 14.5. The Bertz CT molecular complexity index is 7250. The predicted octanol–water partition coefficient (Wildman–Crippen LogP) is 18.3. The molecule has 11 atom stereocenters. The first-order valence-electron chi connectivity index (χ1n) is 49.7. The minimum atomic E-state index is -0.664. The Morgan fingerprint density at radius 1 is 0.358 bits per heavy atom. The predicted molar refractivity (Wildman–Crippen MR) is 529 cm³/mol. The number of aliphatic hydroxyl groups is 3. The second-order valence-electron chi connectivity index (χ2n) is 42.7. The van der Waals surface area contributed by atoms with Gasteiger partial charge in [0.05, 0.1) is 160 Å². The summed E-state index contributed by atoms with van der Waals surface area (Å²) in [6.07, 6.45) is 26.5. The van der Waals surface area contributed by atoms with Crippen LogP contribution in [0.15, 0.2) is 189 Å². The van der Waals surface area contributed by atoms with Crippen molar-refractivity contribution in [3.8, 4) is 90.7 Å². The van der Waals surface area contributed by atoms with Gasteiger partial charge in [0.2, 0.25) is 5.91 Å². The third kappa shape index (κ3) is 16.0. The van der Waals surface area contributed by atoms with Crippen LogP contribution in [-0.4, -0.2) is 166 Å². The number of amides is 1. The van der Waals surface area contributed by atoms with Crippen LogP contribution in [0.5, 0.6) is 0 Å². The number of aliphatic hydroxyl groups excluding tert-OH is 3. The average Bonchev–Trinajstić information content (AvgIpc) is 1.53. The number of benzene rings is 4. The highest BCUT2D eigenvalue weighted by atomic mass is 19.2. The summed E-state index contributed by atoms with van der Waals surface area (Å²) in [4.78, 5) is 50.5. The summed E-state index contributed by atoms with van der Waals surface area (Å²) >= 11 is 0. The number of carbonyl (C=O) groups excluding carboxylic acids is 1. The molecule has 12 heterocycles. The van der Waals surface area contributed by atoms with Gasteiger partial charge in [0.15, 0.2) is 23.3 Å². The first-order valence-corrected chi connectivity index (χ1v) is 49.7. The van der Waals surface area contributed by atoms with Crippen molar-refractivity contribution in [1.82, 2.24) is 125 Å². The first-order chi connectivity index (χ1) is 71.0. The van der Waals surface area contributed by atoms with Crippen molar-refractivity contribution in [2.45, 2.75) is 205 Å². The summed E-state index contributed by atoms with van der Waals surface area (Å²) < 4.78 is 121. The van der Waals surface area contributed by atoms with E-state index in [2.05, 4.69) is 142 Å². The molecule has 4 saturated carbocycles. The molecule has 1 amide bonds. The molecule has 0 unspecified atom stereocenters. The van der Waals surface area contributed by atoms with E-state index < -0.39 is 74.1 Å². The second-order valence-corrected chi connectivity index (χ2v) is 42.7. The van der Waals surface area contributed by atoms with Gasteiger partial charge in [0.1, 0.15) is 52.2 Å². The third-order valence-electron chi connectivity index (χ3n) is 33.2. The topological polar surface area (TPSA) is 394 Å². The Kier molecular flexibility index (Phi) is 25.3. The third-order valence-corrected chi connectivity index (χ3v) is 33.2. The van der Waals surface area contributed by atoms with Crippen LogP contribution in [0.2, 0.25) is 0 Å². The standard InChI is InChI=1S/2C28H28F2N6O.C27H27F2N7O.C27H25F2N7O/c2*1-16(15-37)13-36-14-17(12-32-36)26-31-10-8-23(33-26)28-9-7-19(27(28,2)3)18-11-22(34-35-25(18)28)24-20(29)5-4-6-21(24)30;1-15(14-37)13-36-31-12-21(35-36)25-30-10-8-22(32-25)27-9-7-17(26(27,2)3)16-11-20(33-34-24(16)27)23-18(28)5-4-6-19(23)29;1-26(2)17-6-9-27(26,24-16(17)12-20(34-35-24)23-18(28)4-3-5-19(23)29)21-7-10-31-25(33-21)15-13-32-36(14-15)11-8-22(30)37/h2*4-6,8,10-12,14,16,19,37H,7,9,13,15H2,1-3H3;4-6,8,10-12,15,17,37H,7,9,13-14H2,1-3H3;3-5,7,10,12-14,17H,6,8-9,11H2,1-2H3,(H2,30,37)/t16-,19+,28+;16-,19-,28-;15-,17+,27+;17-,27-/m1010/s1. The summed E-state index contributed by atoms with van der Waals surface area (Å²) in [6, 6.07) is 30.1. The molecule has 4 fully saturated rings. The zero-order valence-electron chi connectivity index (χ0n) is 83.3. The molecular weight excluding hydrogens is 1900 g/mol. The van der Waals surface area contributed by atoms with Gasteiger partial charge in [-0.2, -0.15) is 45.6 Å². The van der Waals surface area contributed by atoms with Crippen molar-refractivity contribution in [2.24, 2.45) is 45.1 Å². The van der Waals surface area contributed by atoms with Crippen LogP contribution < -0.4 is 5.73 Å². The Balaban J connectivity index is 0.000000116. The average molecular weight is 2010 g/mol. The normalized spacial score (nSPS) is 22.0. The Morgan fingerprint density at radius 2 is 0.628 bits per heavy atom. The quantitative estimate of drug-likeness (QED) is 0.0408. The minimum absolute atomic E-state index is 0.0268. The fraction of sp³-hybridized carbons (Fsp3) is 0.382. The van der Waals surface area contributed by atoms with E-state index in [1.807, 2.05) is 69.6 Å². The molecule has 8 aliphatic rings. The number of carbonyl (C=O) groups is 1. The molecule has 24 rings (SSSR count). The number of fused-ring (bicyclic) bond motifs is 20. The fourth-order valence-electron chi connectivity index (χ4n) is 25.5. The SMILES string of the molecule is CC1(C)[C@H]2CC[C@]1(c1ccnc(-c3cnn(CCC(N)=O)c3)n1)c1nnc(-c3c(F)cccc3F)cc12.C[C@@H](CO)Cn1cc(-c2nccc([C@@]34CC[C@@H](c5cc(-c6c(F)cccc6F)nnc53)C4(C)C)n2)cn1.C[C@@H](CO)Cn1ncc(-c2nccc([C@@]34CC[C@@H](c5cc(-c6c(F)cccc6F)nnc53)C4(C)C)n2)n1.C[C@H](CO)Cn1cc(-c2nccc([C@@]34CC[C@@H](c5cc(-c6c(F)cccc6F)nnc53)C4(C)C)n2)cn1. The largest absolute Gasteiger partial charge is 0.396 e. The molecule has 0 saturated heterocycles. The number of halogens is 8. The molecule has 148 heavy (non-hydrogen) atoms. The van der Waals surface area contributed by atoms with E-state index in [1.54, 1.807) is 86.7 Å². The van der Waals surface area contributed by atoms with Gasteiger partial charge in [-0.05, 0) is 228 Å². The summed E-state index contributed by atoms with van der Waals surface area (Å²) in [7, 11) is 0. The van der Waals surface area contributed by atoms with Crippen LogP contribution in [0, 0.1) is 86.0 Å². The minimum Gasteiger partial charge on any atom is -0.396 e. The highest BCUT2D eigenvalue weighted by Crippen LogP contribution is 2.74. The van der Waals surface area contributed by atoms with Crippen LogP contribution in [0.1, 0.15) is 225 Å².